The molecule has 0 saturated carbocycles. The van der Waals surface area contributed by atoms with E-state index in [-0.39, 0.29) is 17.7 Å². The number of amides is 1. The first-order valence-corrected chi connectivity index (χ1v) is 5.80. The molecule has 0 bridgehead atoms. The predicted octanol–water partition coefficient (Wildman–Crippen LogP) is 1.64. The largest absolute Gasteiger partial charge is 0.494 e. The lowest BCUT2D eigenvalue weighted by molar-refractivity contribution is 0.0791. The molecule has 1 aromatic carbocycles. The van der Waals surface area contributed by atoms with Gasteiger partial charge in [-0.25, -0.2) is 4.39 Å². The average Bonchev–Trinajstić information content (AvgIpc) is 2.35. The molecule has 0 heterocycles. The van der Waals surface area contributed by atoms with Crippen molar-refractivity contribution >= 4 is 5.91 Å². The van der Waals surface area contributed by atoms with Gasteiger partial charge in [-0.15, -0.1) is 0 Å². The summed E-state index contributed by atoms with van der Waals surface area (Å²) in [4.78, 5) is 13.6. The van der Waals surface area contributed by atoms with Crippen LogP contribution in [-0.4, -0.2) is 37.6 Å². The van der Waals surface area contributed by atoms with Crippen molar-refractivity contribution in [1.82, 2.24) is 4.90 Å². The lowest BCUT2D eigenvalue weighted by Crippen LogP contribution is -2.31. The van der Waals surface area contributed by atoms with Gasteiger partial charge in [0, 0.05) is 25.2 Å². The van der Waals surface area contributed by atoms with Crippen LogP contribution in [0.4, 0.5) is 4.39 Å². The van der Waals surface area contributed by atoms with E-state index >= 15 is 0 Å². The Morgan fingerprint density at radius 1 is 1.56 bits per heavy atom. The van der Waals surface area contributed by atoms with Crippen molar-refractivity contribution in [2.45, 2.75) is 19.4 Å². The van der Waals surface area contributed by atoms with Gasteiger partial charge in [-0.05, 0) is 31.5 Å². The normalized spacial score (nSPS) is 12.1. The molecule has 0 aliphatic rings. The van der Waals surface area contributed by atoms with Gasteiger partial charge < -0.3 is 15.4 Å². The number of halogens is 1. The molecule has 100 valence electrons. The molecule has 0 spiro atoms. The fraction of sp³-hybridized carbons (Fsp3) is 0.462. The Morgan fingerprint density at radius 3 is 2.78 bits per heavy atom. The highest BCUT2D eigenvalue weighted by Gasteiger charge is 2.14. The van der Waals surface area contributed by atoms with Crippen LogP contribution >= 0.6 is 0 Å². The van der Waals surface area contributed by atoms with Crippen molar-refractivity contribution in [2.75, 3.05) is 20.7 Å². The average molecular weight is 254 g/mol. The second-order valence-corrected chi connectivity index (χ2v) is 4.34. The van der Waals surface area contributed by atoms with Crippen LogP contribution in [0.25, 0.3) is 0 Å². The number of nitrogens with zero attached hydrogens (tertiary/aromatic N) is 1. The highest BCUT2D eigenvalue weighted by Crippen LogP contribution is 2.19. The Bertz CT molecular complexity index is 421. The van der Waals surface area contributed by atoms with Crippen LogP contribution in [0.5, 0.6) is 5.75 Å². The number of rotatable bonds is 5. The summed E-state index contributed by atoms with van der Waals surface area (Å²) in [5.41, 5.74) is 6.04. The molecule has 1 aromatic rings. The van der Waals surface area contributed by atoms with E-state index in [4.69, 9.17) is 10.5 Å². The number of carbonyl (C=O) groups excluding carboxylic acids is 1. The van der Waals surface area contributed by atoms with Gasteiger partial charge in [0.25, 0.3) is 5.91 Å². The number of ether oxygens (including phenoxy) is 1. The Balaban J connectivity index is 2.77. The van der Waals surface area contributed by atoms with Gasteiger partial charge in [0.15, 0.2) is 11.6 Å². The first kappa shape index (κ1) is 14.4. The lowest BCUT2D eigenvalue weighted by Gasteiger charge is -2.18. The molecule has 2 N–H and O–H groups in total. The van der Waals surface area contributed by atoms with Crippen molar-refractivity contribution in [3.63, 3.8) is 0 Å². The zero-order valence-electron chi connectivity index (χ0n) is 10.9. The predicted molar refractivity (Wildman–Crippen MR) is 68.2 cm³/mol. The lowest BCUT2D eigenvalue weighted by atomic mass is 10.1. The summed E-state index contributed by atoms with van der Waals surface area (Å²) < 4.78 is 18.1. The Hall–Kier alpha value is -1.62. The number of methoxy groups -OCH3 is 1. The van der Waals surface area contributed by atoms with Crippen LogP contribution in [0.3, 0.4) is 0 Å². The summed E-state index contributed by atoms with van der Waals surface area (Å²) in [7, 11) is 3.06. The van der Waals surface area contributed by atoms with Crippen LogP contribution in [0, 0.1) is 5.82 Å². The summed E-state index contributed by atoms with van der Waals surface area (Å²) in [6, 6.07) is 4.12. The molecule has 0 aliphatic carbocycles. The van der Waals surface area contributed by atoms with Gasteiger partial charge in [-0.1, -0.05) is 0 Å². The molecule has 0 radical (unpaired) electrons. The number of carbonyl (C=O) groups is 1. The molecule has 0 fully saturated rings. The molecule has 5 heteroatoms. The summed E-state index contributed by atoms with van der Waals surface area (Å²) in [6.45, 7) is 2.45. The molecule has 1 rings (SSSR count). The minimum atomic E-state index is -0.479. The molecule has 18 heavy (non-hydrogen) atoms. The molecule has 0 aliphatic heterocycles. The van der Waals surface area contributed by atoms with Gasteiger partial charge in [-0.2, -0.15) is 0 Å². The van der Waals surface area contributed by atoms with E-state index in [1.54, 1.807) is 11.9 Å². The van der Waals surface area contributed by atoms with Crippen LogP contribution in [0.1, 0.15) is 23.7 Å². The van der Waals surface area contributed by atoms with Crippen molar-refractivity contribution in [2.24, 2.45) is 5.73 Å². The monoisotopic (exact) mass is 254 g/mol. The van der Waals surface area contributed by atoms with Gasteiger partial charge in [0.05, 0.1) is 7.11 Å². The van der Waals surface area contributed by atoms with Gasteiger partial charge in [-0.3, -0.25) is 4.79 Å². The maximum Gasteiger partial charge on any atom is 0.253 e. The quantitative estimate of drug-likeness (QED) is 0.869. The number of nitrogens with two attached hydrogens (primary N) is 1. The minimum Gasteiger partial charge on any atom is -0.494 e. The third-order valence-electron chi connectivity index (χ3n) is 2.66. The summed E-state index contributed by atoms with van der Waals surface area (Å²) in [5, 5.41) is 0. The Morgan fingerprint density at radius 2 is 2.22 bits per heavy atom. The molecule has 0 saturated heterocycles. The smallest absolute Gasteiger partial charge is 0.253 e. The molecule has 4 nitrogen and oxygen atoms in total. The van der Waals surface area contributed by atoms with E-state index in [1.165, 1.54) is 25.3 Å². The zero-order valence-corrected chi connectivity index (χ0v) is 10.9. The van der Waals surface area contributed by atoms with Crippen molar-refractivity contribution in [1.29, 1.82) is 0 Å². The SMILES string of the molecule is COc1cc(C(=O)N(C)CCC(C)N)ccc1F. The fourth-order valence-electron chi connectivity index (χ4n) is 1.51. The van der Waals surface area contributed by atoms with E-state index in [2.05, 4.69) is 0 Å². The maximum absolute atomic E-state index is 13.2. The van der Waals surface area contributed by atoms with E-state index in [9.17, 15) is 9.18 Å². The van der Waals surface area contributed by atoms with Gasteiger partial charge in [0.2, 0.25) is 0 Å². The summed E-state index contributed by atoms with van der Waals surface area (Å²) >= 11 is 0. The first-order valence-electron chi connectivity index (χ1n) is 5.80. The standard InChI is InChI=1S/C13H19FN2O2/c1-9(15)6-7-16(2)13(17)10-4-5-11(14)12(8-10)18-3/h4-5,8-9H,6-7,15H2,1-3H3. The van der Waals surface area contributed by atoms with E-state index in [0.29, 0.717) is 12.1 Å². The van der Waals surface area contributed by atoms with Crippen LogP contribution in [0.15, 0.2) is 18.2 Å². The first-order chi connectivity index (χ1) is 8.45. The highest BCUT2D eigenvalue weighted by atomic mass is 19.1. The van der Waals surface area contributed by atoms with E-state index in [1.807, 2.05) is 6.92 Å². The number of hydrogen-bond donors (Lipinski definition) is 1. The van der Waals surface area contributed by atoms with Crippen molar-refractivity contribution in [3.8, 4) is 5.75 Å². The topological polar surface area (TPSA) is 55.6 Å². The van der Waals surface area contributed by atoms with Crippen LogP contribution in [0.2, 0.25) is 0 Å². The third kappa shape index (κ3) is 3.70. The van der Waals surface area contributed by atoms with E-state index < -0.39 is 5.82 Å². The fourth-order valence-corrected chi connectivity index (χ4v) is 1.51. The highest BCUT2D eigenvalue weighted by molar-refractivity contribution is 5.94. The number of hydrogen-bond acceptors (Lipinski definition) is 3. The molecule has 1 amide bonds. The van der Waals surface area contributed by atoms with Gasteiger partial charge in [0.1, 0.15) is 0 Å². The summed E-state index contributed by atoms with van der Waals surface area (Å²) in [6.07, 6.45) is 0.723. The second kappa shape index (κ2) is 6.35. The van der Waals surface area contributed by atoms with Crippen LogP contribution in [-0.2, 0) is 0 Å². The molecular weight excluding hydrogens is 235 g/mol. The Labute approximate surface area is 107 Å². The number of benzene rings is 1. The molecule has 1 atom stereocenters. The second-order valence-electron chi connectivity index (χ2n) is 4.34. The van der Waals surface area contributed by atoms with Gasteiger partial charge >= 0.3 is 0 Å². The summed E-state index contributed by atoms with van der Waals surface area (Å²) in [5.74, 6) is -0.581. The molecule has 0 aromatic heterocycles. The molecule has 1 unspecified atom stereocenters. The maximum atomic E-state index is 13.2. The molecular formula is C13H19FN2O2. The third-order valence-corrected chi connectivity index (χ3v) is 2.66. The Kier molecular flexibility index (Phi) is 5.09. The van der Waals surface area contributed by atoms with Crippen molar-refractivity contribution in [3.05, 3.63) is 29.6 Å². The minimum absolute atomic E-state index is 0.0444. The van der Waals surface area contributed by atoms with Crippen molar-refractivity contribution < 1.29 is 13.9 Å². The van der Waals surface area contributed by atoms with E-state index in [0.717, 1.165) is 6.42 Å². The van der Waals surface area contributed by atoms with Crippen LogP contribution < -0.4 is 10.5 Å². The zero-order chi connectivity index (χ0) is 13.7.